The molecule has 5 heteroatoms. The van der Waals surface area contributed by atoms with Gasteiger partial charge in [0.15, 0.2) is 0 Å². The van der Waals surface area contributed by atoms with E-state index in [4.69, 9.17) is 15.9 Å². The van der Waals surface area contributed by atoms with E-state index in [1.807, 2.05) is 0 Å². The highest BCUT2D eigenvalue weighted by molar-refractivity contribution is 5.79. The fraction of sp³-hybridized carbons (Fsp3) is 0.778. The third kappa shape index (κ3) is 2.04. The van der Waals surface area contributed by atoms with E-state index in [0.29, 0.717) is 0 Å². The lowest BCUT2D eigenvalue weighted by molar-refractivity contribution is -0.156. The van der Waals surface area contributed by atoms with Crippen molar-refractivity contribution < 1.29 is 19.8 Å². The Balaban J connectivity index is 5.04. The lowest BCUT2D eigenvalue weighted by Gasteiger charge is -2.36. The van der Waals surface area contributed by atoms with E-state index in [-0.39, 0.29) is 0 Å². The smallest absolute Gasteiger partial charge is 0.310 e. The van der Waals surface area contributed by atoms with Crippen molar-refractivity contribution >= 4 is 11.9 Å². The third-order valence-corrected chi connectivity index (χ3v) is 2.66. The Bertz CT molecular complexity index is 232. The van der Waals surface area contributed by atoms with Crippen molar-refractivity contribution in [3.05, 3.63) is 0 Å². The monoisotopic (exact) mass is 203 g/mol. The molecule has 0 spiro atoms. The molecule has 0 radical (unpaired) electrons. The van der Waals surface area contributed by atoms with Gasteiger partial charge >= 0.3 is 11.9 Å². The molecule has 82 valence electrons. The highest BCUT2D eigenvalue weighted by Crippen LogP contribution is 2.32. The number of carboxylic acid groups (broad SMARTS) is 2. The number of hydrogen-bond acceptors (Lipinski definition) is 3. The Kier molecular flexibility index (Phi) is 3.29. The van der Waals surface area contributed by atoms with Crippen molar-refractivity contribution in [2.75, 3.05) is 0 Å². The normalized spacial score (nSPS) is 13.0. The third-order valence-electron chi connectivity index (χ3n) is 2.66. The van der Waals surface area contributed by atoms with Gasteiger partial charge in [-0.2, -0.15) is 0 Å². The zero-order valence-electron chi connectivity index (χ0n) is 8.87. The summed E-state index contributed by atoms with van der Waals surface area (Å²) in [6, 6.07) is -0.954. The Morgan fingerprint density at radius 3 is 1.36 bits per heavy atom. The molecule has 0 amide bonds. The maximum absolute atomic E-state index is 10.9. The summed E-state index contributed by atoms with van der Waals surface area (Å²) < 4.78 is 0. The summed E-state index contributed by atoms with van der Waals surface area (Å²) in [5, 5.41) is 17.8. The first kappa shape index (κ1) is 12.9. The minimum absolute atomic E-state index is 0.954. The summed E-state index contributed by atoms with van der Waals surface area (Å²) in [5.41, 5.74) is 3.15. The quantitative estimate of drug-likeness (QED) is 0.619. The average molecular weight is 203 g/mol. The van der Waals surface area contributed by atoms with Crippen molar-refractivity contribution in [2.24, 2.45) is 16.6 Å². The van der Waals surface area contributed by atoms with Gasteiger partial charge in [-0.3, -0.25) is 9.59 Å². The molecule has 0 aromatic rings. The number of nitrogens with two attached hydrogens (primary N) is 1. The van der Waals surface area contributed by atoms with E-state index in [9.17, 15) is 9.59 Å². The summed E-state index contributed by atoms with van der Waals surface area (Å²) in [7, 11) is 0. The molecule has 0 saturated carbocycles. The molecular weight excluding hydrogens is 186 g/mol. The second-order valence-electron chi connectivity index (χ2n) is 4.53. The Labute approximate surface area is 82.9 Å². The lowest BCUT2D eigenvalue weighted by Crippen LogP contribution is -2.55. The van der Waals surface area contributed by atoms with Gasteiger partial charge in [0.25, 0.3) is 0 Å². The first-order valence-corrected chi connectivity index (χ1v) is 4.27. The second-order valence-corrected chi connectivity index (χ2v) is 4.53. The van der Waals surface area contributed by atoms with Gasteiger partial charge in [-0.25, -0.2) is 0 Å². The zero-order valence-corrected chi connectivity index (χ0v) is 8.87. The van der Waals surface area contributed by atoms with Crippen LogP contribution < -0.4 is 5.73 Å². The zero-order chi connectivity index (χ0) is 11.7. The second kappa shape index (κ2) is 3.57. The maximum Gasteiger partial charge on any atom is 0.310 e. The van der Waals surface area contributed by atoms with E-state index >= 15 is 0 Å². The topological polar surface area (TPSA) is 101 Å². The minimum atomic E-state index is -1.26. The molecule has 0 atom stereocenters. The first-order chi connectivity index (χ1) is 6.04. The van der Waals surface area contributed by atoms with Crippen molar-refractivity contribution in [3.63, 3.8) is 0 Å². The van der Waals surface area contributed by atoms with Gasteiger partial charge in [0.1, 0.15) is 0 Å². The van der Waals surface area contributed by atoms with E-state index in [1.54, 1.807) is 0 Å². The van der Waals surface area contributed by atoms with Crippen molar-refractivity contribution in [1.29, 1.82) is 0 Å². The van der Waals surface area contributed by atoms with Crippen LogP contribution in [0.2, 0.25) is 0 Å². The number of aliphatic carboxylic acids is 2. The number of carbonyl (C=O) groups is 2. The summed E-state index contributed by atoms with van der Waals surface area (Å²) in [6.07, 6.45) is 0. The predicted molar refractivity (Wildman–Crippen MR) is 50.8 cm³/mol. The molecule has 0 fully saturated rings. The molecule has 0 heterocycles. The Hall–Kier alpha value is -1.10. The van der Waals surface area contributed by atoms with Gasteiger partial charge in [-0.1, -0.05) is 0 Å². The van der Waals surface area contributed by atoms with Gasteiger partial charge in [-0.05, 0) is 27.7 Å². The van der Waals surface area contributed by atoms with E-state index < -0.39 is 28.8 Å². The van der Waals surface area contributed by atoms with Crippen molar-refractivity contribution in [2.45, 2.75) is 33.7 Å². The van der Waals surface area contributed by atoms with E-state index in [2.05, 4.69) is 0 Å². The molecule has 0 aliphatic rings. The van der Waals surface area contributed by atoms with Crippen LogP contribution in [0.5, 0.6) is 0 Å². The lowest BCUT2D eigenvalue weighted by atomic mass is 9.70. The van der Waals surface area contributed by atoms with Crippen molar-refractivity contribution in [3.8, 4) is 0 Å². The van der Waals surface area contributed by atoms with Crippen LogP contribution >= 0.6 is 0 Å². The number of carboxylic acids is 2. The first-order valence-electron chi connectivity index (χ1n) is 4.27. The Morgan fingerprint density at radius 2 is 1.21 bits per heavy atom. The maximum atomic E-state index is 10.9. The van der Waals surface area contributed by atoms with Crippen LogP contribution in [0.15, 0.2) is 0 Å². The van der Waals surface area contributed by atoms with Crippen LogP contribution in [0.3, 0.4) is 0 Å². The fourth-order valence-electron chi connectivity index (χ4n) is 1.17. The highest BCUT2D eigenvalue weighted by atomic mass is 16.4. The fourth-order valence-corrected chi connectivity index (χ4v) is 1.17. The standard InChI is InChI=1S/C9H17NO4/c1-8(2,6(11)12)5(10)9(3,4)7(13)14/h5H,10H2,1-4H3,(H,11,12)(H,13,14). The number of rotatable bonds is 4. The summed E-state index contributed by atoms with van der Waals surface area (Å²) in [4.78, 5) is 21.7. The van der Waals surface area contributed by atoms with Crippen LogP contribution in [0, 0.1) is 10.8 Å². The highest BCUT2D eigenvalue weighted by Gasteiger charge is 2.47. The molecule has 5 nitrogen and oxygen atoms in total. The summed E-state index contributed by atoms with van der Waals surface area (Å²) in [5.74, 6) is -2.20. The largest absolute Gasteiger partial charge is 0.481 e. The molecule has 0 rings (SSSR count). The summed E-state index contributed by atoms with van der Waals surface area (Å²) >= 11 is 0. The van der Waals surface area contributed by atoms with Gasteiger partial charge in [0, 0.05) is 6.04 Å². The Morgan fingerprint density at radius 1 is 1.00 bits per heavy atom. The molecule has 0 aliphatic heterocycles. The molecule has 0 aromatic heterocycles. The molecule has 0 aromatic carbocycles. The van der Waals surface area contributed by atoms with Crippen LogP contribution in [0.4, 0.5) is 0 Å². The van der Waals surface area contributed by atoms with E-state index in [1.165, 1.54) is 27.7 Å². The van der Waals surface area contributed by atoms with Gasteiger partial charge in [-0.15, -0.1) is 0 Å². The molecule has 0 aliphatic carbocycles. The van der Waals surface area contributed by atoms with Crippen LogP contribution in [-0.4, -0.2) is 28.2 Å². The summed E-state index contributed by atoms with van der Waals surface area (Å²) in [6.45, 7) is 5.69. The number of hydrogen-bond donors (Lipinski definition) is 3. The minimum Gasteiger partial charge on any atom is -0.481 e. The predicted octanol–water partition coefficient (Wildman–Crippen LogP) is 0.535. The van der Waals surface area contributed by atoms with Gasteiger partial charge < -0.3 is 15.9 Å². The van der Waals surface area contributed by atoms with Crippen molar-refractivity contribution in [1.82, 2.24) is 0 Å². The van der Waals surface area contributed by atoms with Gasteiger partial charge in [0.2, 0.25) is 0 Å². The average Bonchev–Trinajstić information content (AvgIpc) is 2.02. The van der Waals surface area contributed by atoms with Crippen LogP contribution in [0.25, 0.3) is 0 Å². The van der Waals surface area contributed by atoms with Crippen LogP contribution in [0.1, 0.15) is 27.7 Å². The molecule has 0 bridgehead atoms. The molecule has 0 saturated heterocycles. The molecule has 0 unspecified atom stereocenters. The molecule has 4 N–H and O–H groups in total. The van der Waals surface area contributed by atoms with E-state index in [0.717, 1.165) is 0 Å². The van der Waals surface area contributed by atoms with Crippen LogP contribution in [-0.2, 0) is 9.59 Å². The van der Waals surface area contributed by atoms with Gasteiger partial charge in [0.05, 0.1) is 10.8 Å². The molecular formula is C9H17NO4. The molecule has 14 heavy (non-hydrogen) atoms. The SMILES string of the molecule is CC(C)(C(=O)O)C(N)C(C)(C)C(=O)O.